The van der Waals surface area contributed by atoms with Crippen LogP contribution in [-0.2, 0) is 4.74 Å². The molecule has 1 aromatic rings. The SMILES string of the molecule is Cc1ccc(C2CC(O)CC(CO)O2)cc1C. The van der Waals surface area contributed by atoms with Crippen molar-refractivity contribution in [2.24, 2.45) is 0 Å². The quantitative estimate of drug-likeness (QED) is 0.824. The third-order valence-corrected chi connectivity index (χ3v) is 3.48. The van der Waals surface area contributed by atoms with Gasteiger partial charge in [0, 0.05) is 12.8 Å². The first-order chi connectivity index (χ1) is 8.10. The molecule has 94 valence electrons. The molecular formula is C14H20O3. The maximum absolute atomic E-state index is 9.78. The van der Waals surface area contributed by atoms with Crippen molar-refractivity contribution in [3.05, 3.63) is 34.9 Å². The van der Waals surface area contributed by atoms with Gasteiger partial charge in [-0.3, -0.25) is 0 Å². The number of aliphatic hydroxyl groups is 2. The van der Waals surface area contributed by atoms with Gasteiger partial charge in [0.1, 0.15) is 0 Å². The van der Waals surface area contributed by atoms with Crippen molar-refractivity contribution in [2.45, 2.75) is 45.0 Å². The maximum atomic E-state index is 9.78. The van der Waals surface area contributed by atoms with E-state index in [1.807, 2.05) is 6.07 Å². The molecule has 1 aliphatic heterocycles. The van der Waals surface area contributed by atoms with Crippen LogP contribution in [0.3, 0.4) is 0 Å². The molecule has 0 bridgehead atoms. The number of benzene rings is 1. The molecule has 1 aromatic carbocycles. The highest BCUT2D eigenvalue weighted by Crippen LogP contribution is 2.32. The van der Waals surface area contributed by atoms with E-state index in [1.165, 1.54) is 11.1 Å². The van der Waals surface area contributed by atoms with Crippen molar-refractivity contribution in [1.82, 2.24) is 0 Å². The Kier molecular flexibility index (Phi) is 3.82. The van der Waals surface area contributed by atoms with Gasteiger partial charge < -0.3 is 14.9 Å². The minimum atomic E-state index is -0.382. The summed E-state index contributed by atoms with van der Waals surface area (Å²) in [4.78, 5) is 0. The van der Waals surface area contributed by atoms with Crippen LogP contribution in [0.4, 0.5) is 0 Å². The highest BCUT2D eigenvalue weighted by molar-refractivity contribution is 5.31. The Labute approximate surface area is 102 Å². The average molecular weight is 236 g/mol. The summed E-state index contributed by atoms with van der Waals surface area (Å²) < 4.78 is 5.78. The van der Waals surface area contributed by atoms with Crippen molar-refractivity contribution in [3.63, 3.8) is 0 Å². The molecule has 0 aromatic heterocycles. The van der Waals surface area contributed by atoms with E-state index in [0.29, 0.717) is 12.8 Å². The van der Waals surface area contributed by atoms with Gasteiger partial charge in [-0.15, -0.1) is 0 Å². The molecule has 0 spiro atoms. The lowest BCUT2D eigenvalue weighted by Gasteiger charge is -2.32. The van der Waals surface area contributed by atoms with Gasteiger partial charge in [-0.05, 0) is 30.5 Å². The van der Waals surface area contributed by atoms with Crippen LogP contribution in [0.1, 0.15) is 35.6 Å². The predicted molar refractivity (Wildman–Crippen MR) is 65.9 cm³/mol. The Balaban J connectivity index is 2.17. The molecule has 1 heterocycles. The van der Waals surface area contributed by atoms with E-state index in [2.05, 4.69) is 26.0 Å². The van der Waals surface area contributed by atoms with E-state index in [0.717, 1.165) is 5.56 Å². The van der Waals surface area contributed by atoms with Crippen LogP contribution in [0.5, 0.6) is 0 Å². The van der Waals surface area contributed by atoms with Gasteiger partial charge in [0.25, 0.3) is 0 Å². The Bertz CT molecular complexity index is 389. The number of aryl methyl sites for hydroxylation is 2. The van der Waals surface area contributed by atoms with Gasteiger partial charge in [0.2, 0.25) is 0 Å². The fourth-order valence-corrected chi connectivity index (χ4v) is 2.29. The van der Waals surface area contributed by atoms with Crippen LogP contribution in [0.2, 0.25) is 0 Å². The summed E-state index contributed by atoms with van der Waals surface area (Å²) in [5.41, 5.74) is 3.57. The van der Waals surface area contributed by atoms with E-state index in [1.54, 1.807) is 0 Å². The van der Waals surface area contributed by atoms with Gasteiger partial charge in [-0.1, -0.05) is 18.2 Å². The predicted octanol–water partition coefficient (Wildman–Crippen LogP) is 1.88. The van der Waals surface area contributed by atoms with E-state index >= 15 is 0 Å². The zero-order valence-corrected chi connectivity index (χ0v) is 10.4. The summed E-state index contributed by atoms with van der Waals surface area (Å²) in [7, 11) is 0. The number of ether oxygens (including phenoxy) is 1. The largest absolute Gasteiger partial charge is 0.394 e. The van der Waals surface area contributed by atoms with Gasteiger partial charge in [-0.25, -0.2) is 0 Å². The summed E-state index contributed by atoms with van der Waals surface area (Å²) in [6.45, 7) is 4.12. The van der Waals surface area contributed by atoms with Gasteiger partial charge in [0.15, 0.2) is 0 Å². The van der Waals surface area contributed by atoms with Crippen molar-refractivity contribution in [3.8, 4) is 0 Å². The number of aliphatic hydroxyl groups excluding tert-OH is 2. The zero-order valence-electron chi connectivity index (χ0n) is 10.4. The molecule has 0 aliphatic carbocycles. The molecular weight excluding hydrogens is 216 g/mol. The Morgan fingerprint density at radius 1 is 1.24 bits per heavy atom. The van der Waals surface area contributed by atoms with Crippen LogP contribution in [0.25, 0.3) is 0 Å². The molecule has 17 heavy (non-hydrogen) atoms. The topological polar surface area (TPSA) is 49.7 Å². The number of rotatable bonds is 2. The summed E-state index contributed by atoms with van der Waals surface area (Å²) in [5, 5.41) is 18.9. The van der Waals surface area contributed by atoms with Crippen molar-refractivity contribution >= 4 is 0 Å². The standard InChI is InChI=1S/C14H20O3/c1-9-3-4-11(5-10(9)2)14-7-12(16)6-13(8-15)17-14/h3-5,12-16H,6-8H2,1-2H3. The molecule has 1 fully saturated rings. The van der Waals surface area contributed by atoms with Crippen molar-refractivity contribution in [1.29, 1.82) is 0 Å². The normalized spacial score (nSPS) is 29.3. The van der Waals surface area contributed by atoms with Gasteiger partial charge in [-0.2, -0.15) is 0 Å². The van der Waals surface area contributed by atoms with Crippen LogP contribution in [0.15, 0.2) is 18.2 Å². The fraction of sp³-hybridized carbons (Fsp3) is 0.571. The first-order valence-electron chi connectivity index (χ1n) is 6.11. The highest BCUT2D eigenvalue weighted by Gasteiger charge is 2.28. The monoisotopic (exact) mass is 236 g/mol. The van der Waals surface area contributed by atoms with E-state index in [9.17, 15) is 5.11 Å². The lowest BCUT2D eigenvalue weighted by molar-refractivity contribution is -0.113. The summed E-state index contributed by atoms with van der Waals surface area (Å²) in [6, 6.07) is 6.22. The van der Waals surface area contributed by atoms with Gasteiger partial charge >= 0.3 is 0 Å². The molecule has 0 amide bonds. The molecule has 1 saturated heterocycles. The smallest absolute Gasteiger partial charge is 0.0854 e. The zero-order chi connectivity index (χ0) is 12.4. The van der Waals surface area contributed by atoms with Crippen LogP contribution >= 0.6 is 0 Å². The molecule has 3 nitrogen and oxygen atoms in total. The molecule has 2 rings (SSSR count). The molecule has 0 saturated carbocycles. The summed E-state index contributed by atoms with van der Waals surface area (Å²) in [5.74, 6) is 0. The van der Waals surface area contributed by atoms with E-state index in [-0.39, 0.29) is 24.9 Å². The highest BCUT2D eigenvalue weighted by atomic mass is 16.5. The van der Waals surface area contributed by atoms with Crippen molar-refractivity contribution < 1.29 is 14.9 Å². The second-order valence-corrected chi connectivity index (χ2v) is 4.90. The molecule has 3 heteroatoms. The molecule has 1 aliphatic rings. The van der Waals surface area contributed by atoms with Crippen molar-refractivity contribution in [2.75, 3.05) is 6.61 Å². The van der Waals surface area contributed by atoms with Gasteiger partial charge in [0.05, 0.1) is 24.9 Å². The Morgan fingerprint density at radius 3 is 2.65 bits per heavy atom. The summed E-state index contributed by atoms with van der Waals surface area (Å²) in [6.07, 6.45) is 0.407. The molecule has 2 N–H and O–H groups in total. The number of hydrogen-bond acceptors (Lipinski definition) is 3. The second kappa shape index (κ2) is 5.17. The molecule has 3 atom stereocenters. The minimum absolute atomic E-state index is 0.0294. The third kappa shape index (κ3) is 2.86. The lowest BCUT2D eigenvalue weighted by atomic mass is 9.94. The minimum Gasteiger partial charge on any atom is -0.394 e. The average Bonchev–Trinajstić information content (AvgIpc) is 2.32. The molecule has 0 radical (unpaired) electrons. The van der Waals surface area contributed by atoms with Crippen LogP contribution in [-0.4, -0.2) is 29.0 Å². The lowest BCUT2D eigenvalue weighted by Crippen LogP contribution is -2.33. The number of hydrogen-bond donors (Lipinski definition) is 2. The Morgan fingerprint density at radius 2 is 2.00 bits per heavy atom. The second-order valence-electron chi connectivity index (χ2n) is 4.90. The first kappa shape index (κ1) is 12.6. The van der Waals surface area contributed by atoms with Crippen LogP contribution < -0.4 is 0 Å². The molecule has 3 unspecified atom stereocenters. The third-order valence-electron chi connectivity index (χ3n) is 3.48. The van der Waals surface area contributed by atoms with Crippen LogP contribution in [0, 0.1) is 13.8 Å². The van der Waals surface area contributed by atoms with E-state index in [4.69, 9.17) is 9.84 Å². The maximum Gasteiger partial charge on any atom is 0.0854 e. The van der Waals surface area contributed by atoms with E-state index < -0.39 is 0 Å². The first-order valence-corrected chi connectivity index (χ1v) is 6.11. The summed E-state index contributed by atoms with van der Waals surface area (Å²) >= 11 is 0. The fourth-order valence-electron chi connectivity index (χ4n) is 2.29. The Hall–Kier alpha value is -0.900.